The second-order valence-electron chi connectivity index (χ2n) is 7.50. The Hall–Kier alpha value is -4.53. The molecule has 2 aromatic heterocycles. The number of benzene rings is 2. The molecule has 0 atom stereocenters. The fraction of sp³-hybridized carbons (Fsp3) is 0.120. The van der Waals surface area contributed by atoms with Gasteiger partial charge < -0.3 is 20.7 Å². The lowest BCUT2D eigenvalue weighted by molar-refractivity contribution is -0.118. The van der Waals surface area contributed by atoms with Crippen LogP contribution in [-0.4, -0.2) is 27.5 Å². The number of anilines is 5. The average molecular weight is 458 g/mol. The summed E-state index contributed by atoms with van der Waals surface area (Å²) in [5.41, 5.74) is 2.45. The number of amides is 1. The van der Waals surface area contributed by atoms with E-state index >= 15 is 0 Å². The molecule has 0 unspecified atom stereocenters. The van der Waals surface area contributed by atoms with E-state index in [2.05, 4.69) is 30.9 Å². The Morgan fingerprint density at radius 3 is 2.32 bits per heavy atom. The number of carbonyl (C=O) groups is 1. The number of nitrogens with zero attached hydrogens (tertiary/aromatic N) is 3. The number of para-hydroxylation sites is 1. The van der Waals surface area contributed by atoms with Crippen molar-refractivity contribution in [2.75, 3.05) is 22.6 Å². The van der Waals surface area contributed by atoms with Gasteiger partial charge in [-0.15, -0.1) is 0 Å². The van der Waals surface area contributed by atoms with Gasteiger partial charge in [-0.25, -0.2) is 19.3 Å². The predicted molar refractivity (Wildman–Crippen MR) is 129 cm³/mol. The van der Waals surface area contributed by atoms with Gasteiger partial charge in [0.2, 0.25) is 0 Å². The summed E-state index contributed by atoms with van der Waals surface area (Å²) in [6, 6.07) is 18.7. The van der Waals surface area contributed by atoms with E-state index in [1.807, 2.05) is 26.0 Å². The summed E-state index contributed by atoms with van der Waals surface area (Å²) in [5.74, 6) is 1.64. The number of aryl methyl sites for hydroxylation is 2. The summed E-state index contributed by atoms with van der Waals surface area (Å²) >= 11 is 0. The molecule has 3 N–H and O–H groups in total. The van der Waals surface area contributed by atoms with E-state index < -0.39 is 11.7 Å². The second kappa shape index (κ2) is 10.4. The van der Waals surface area contributed by atoms with E-state index in [4.69, 9.17) is 4.74 Å². The van der Waals surface area contributed by atoms with Gasteiger partial charge in [0.25, 0.3) is 5.91 Å². The molecule has 172 valence electrons. The zero-order valence-electron chi connectivity index (χ0n) is 18.7. The molecule has 8 nitrogen and oxygen atoms in total. The predicted octanol–water partition coefficient (Wildman–Crippen LogP) is 5.13. The number of carbonyl (C=O) groups excluding carboxylic acids is 1. The van der Waals surface area contributed by atoms with Gasteiger partial charge in [0.1, 0.15) is 23.3 Å². The number of aromatic nitrogens is 3. The van der Waals surface area contributed by atoms with E-state index in [0.717, 1.165) is 11.3 Å². The van der Waals surface area contributed by atoms with Gasteiger partial charge in [-0.2, -0.15) is 0 Å². The van der Waals surface area contributed by atoms with Crippen LogP contribution in [0.5, 0.6) is 5.75 Å². The van der Waals surface area contributed by atoms with Crippen molar-refractivity contribution in [2.24, 2.45) is 0 Å². The van der Waals surface area contributed by atoms with Crippen molar-refractivity contribution in [1.29, 1.82) is 0 Å². The smallest absolute Gasteiger partial charge is 0.262 e. The Morgan fingerprint density at radius 2 is 1.59 bits per heavy atom. The molecule has 2 aromatic carbocycles. The van der Waals surface area contributed by atoms with Crippen LogP contribution < -0.4 is 20.7 Å². The number of nitrogens with one attached hydrogen (secondary N) is 3. The molecule has 0 aliphatic carbocycles. The van der Waals surface area contributed by atoms with E-state index in [1.54, 1.807) is 48.7 Å². The largest absolute Gasteiger partial charge is 0.481 e. The molecule has 2 heterocycles. The molecule has 0 fully saturated rings. The minimum absolute atomic E-state index is 0.0318. The molecule has 0 bridgehead atoms. The fourth-order valence-corrected chi connectivity index (χ4v) is 3.12. The normalized spacial score (nSPS) is 10.4. The van der Waals surface area contributed by atoms with E-state index in [0.29, 0.717) is 29.0 Å². The first kappa shape index (κ1) is 22.7. The van der Waals surface area contributed by atoms with Gasteiger partial charge in [0.05, 0.1) is 0 Å². The molecule has 0 aliphatic heterocycles. The van der Waals surface area contributed by atoms with Crippen LogP contribution in [0.1, 0.15) is 11.4 Å². The molecule has 0 saturated carbocycles. The minimum Gasteiger partial charge on any atom is -0.481 e. The minimum atomic E-state index is -0.515. The number of halogens is 1. The quantitative estimate of drug-likeness (QED) is 0.336. The van der Waals surface area contributed by atoms with Crippen molar-refractivity contribution in [3.63, 3.8) is 0 Å². The van der Waals surface area contributed by atoms with E-state index in [9.17, 15) is 9.18 Å². The average Bonchev–Trinajstić information content (AvgIpc) is 2.79. The van der Waals surface area contributed by atoms with Crippen LogP contribution in [0.4, 0.5) is 33.2 Å². The highest BCUT2D eigenvalue weighted by molar-refractivity contribution is 5.92. The van der Waals surface area contributed by atoms with Gasteiger partial charge in [-0.05, 0) is 67.9 Å². The van der Waals surface area contributed by atoms with Crippen molar-refractivity contribution < 1.29 is 13.9 Å². The van der Waals surface area contributed by atoms with Crippen molar-refractivity contribution in [3.05, 3.63) is 90.1 Å². The lowest BCUT2D eigenvalue weighted by atomic mass is 10.2. The van der Waals surface area contributed by atoms with Crippen molar-refractivity contribution in [2.45, 2.75) is 13.8 Å². The van der Waals surface area contributed by atoms with Gasteiger partial charge in [-0.3, -0.25) is 4.79 Å². The van der Waals surface area contributed by atoms with Gasteiger partial charge >= 0.3 is 0 Å². The molecule has 9 heteroatoms. The highest BCUT2D eigenvalue weighted by Crippen LogP contribution is 2.21. The Balaban J connectivity index is 1.35. The first-order valence-corrected chi connectivity index (χ1v) is 10.5. The van der Waals surface area contributed by atoms with Crippen LogP contribution in [0.25, 0.3) is 0 Å². The molecule has 34 heavy (non-hydrogen) atoms. The molecule has 0 saturated heterocycles. The third-order valence-electron chi connectivity index (χ3n) is 4.65. The highest BCUT2D eigenvalue weighted by atomic mass is 19.1. The summed E-state index contributed by atoms with van der Waals surface area (Å²) in [6.07, 6.45) is 1.73. The number of hydrogen-bond donors (Lipinski definition) is 3. The molecular weight excluding hydrogens is 435 g/mol. The van der Waals surface area contributed by atoms with Crippen LogP contribution in [0.2, 0.25) is 0 Å². The third-order valence-corrected chi connectivity index (χ3v) is 4.65. The van der Waals surface area contributed by atoms with Crippen LogP contribution in [0, 0.1) is 19.7 Å². The number of pyridine rings is 1. The Kier molecular flexibility index (Phi) is 6.92. The van der Waals surface area contributed by atoms with Crippen LogP contribution >= 0.6 is 0 Å². The number of hydrogen-bond acceptors (Lipinski definition) is 7. The van der Waals surface area contributed by atoms with Gasteiger partial charge in [-0.1, -0.05) is 12.1 Å². The van der Waals surface area contributed by atoms with Crippen LogP contribution in [0.15, 0.2) is 72.9 Å². The topological polar surface area (TPSA) is 101 Å². The second-order valence-corrected chi connectivity index (χ2v) is 7.50. The summed E-state index contributed by atoms with van der Waals surface area (Å²) in [6.45, 7) is 3.50. The first-order chi connectivity index (χ1) is 16.4. The first-order valence-electron chi connectivity index (χ1n) is 10.5. The van der Waals surface area contributed by atoms with E-state index in [1.165, 1.54) is 12.1 Å². The molecule has 1 amide bonds. The van der Waals surface area contributed by atoms with Gasteiger partial charge in [0.15, 0.2) is 18.2 Å². The standard InChI is InChI=1S/C25H23FN6O2/c1-16-11-12-27-22(13-16)32-24-14-23(28-17(2)29-24)30-18-7-9-19(10-8-18)31-25(33)15-34-21-6-4-3-5-20(21)26/h3-14H,15H2,1-2H3,(H,31,33)(H2,27,28,29,30,32). The SMILES string of the molecule is Cc1ccnc(Nc2cc(Nc3ccc(NC(=O)COc4ccccc4F)cc3)nc(C)n2)c1. The Bertz CT molecular complexity index is 1300. The monoisotopic (exact) mass is 458 g/mol. The maximum absolute atomic E-state index is 13.6. The summed E-state index contributed by atoms with van der Waals surface area (Å²) < 4.78 is 18.8. The lowest BCUT2D eigenvalue weighted by Gasteiger charge is -2.11. The third kappa shape index (κ3) is 6.26. The zero-order chi connectivity index (χ0) is 23.9. The highest BCUT2D eigenvalue weighted by Gasteiger charge is 2.08. The maximum Gasteiger partial charge on any atom is 0.262 e. The summed E-state index contributed by atoms with van der Waals surface area (Å²) in [4.78, 5) is 25.2. The molecule has 0 spiro atoms. The fourth-order valence-electron chi connectivity index (χ4n) is 3.12. The molecule has 0 aliphatic rings. The van der Waals surface area contributed by atoms with Crippen molar-refractivity contribution in [3.8, 4) is 5.75 Å². The molecular formula is C25H23FN6O2. The van der Waals surface area contributed by atoms with Crippen molar-refractivity contribution in [1.82, 2.24) is 15.0 Å². The summed E-state index contributed by atoms with van der Waals surface area (Å²) in [7, 11) is 0. The maximum atomic E-state index is 13.6. The van der Waals surface area contributed by atoms with E-state index in [-0.39, 0.29) is 12.4 Å². The molecule has 4 rings (SSSR count). The molecule has 0 radical (unpaired) electrons. The Morgan fingerprint density at radius 1 is 0.882 bits per heavy atom. The van der Waals surface area contributed by atoms with Crippen molar-refractivity contribution >= 4 is 34.7 Å². The summed E-state index contributed by atoms with van der Waals surface area (Å²) in [5, 5.41) is 9.13. The Labute approximate surface area is 196 Å². The zero-order valence-corrected chi connectivity index (χ0v) is 18.7. The number of ether oxygens (including phenoxy) is 1. The van der Waals surface area contributed by atoms with Gasteiger partial charge in [0, 0.05) is 23.6 Å². The lowest BCUT2D eigenvalue weighted by Crippen LogP contribution is -2.20. The van der Waals surface area contributed by atoms with Crippen LogP contribution in [0.3, 0.4) is 0 Å². The molecule has 4 aromatic rings. The number of rotatable bonds is 8. The van der Waals surface area contributed by atoms with Crippen LogP contribution in [-0.2, 0) is 4.79 Å².